The predicted molar refractivity (Wildman–Crippen MR) is 121 cm³/mol. The normalized spacial score (nSPS) is 14.8. The lowest BCUT2D eigenvalue weighted by Crippen LogP contribution is -2.47. The molecule has 4 N–H and O–H groups in total. The molecule has 9 nitrogen and oxygen atoms in total. The largest absolute Gasteiger partial charge is 0.399 e. The molecule has 2 aromatic heterocycles. The number of nitrogens with one attached hydrogen (secondary N) is 1. The first-order valence-corrected chi connectivity index (χ1v) is 11.3. The molecule has 1 aliphatic heterocycles. The molecule has 0 unspecified atom stereocenters. The summed E-state index contributed by atoms with van der Waals surface area (Å²) in [6, 6.07) is 7.63. The van der Waals surface area contributed by atoms with Gasteiger partial charge in [-0.15, -0.1) is 11.3 Å². The number of benzene rings is 1. The van der Waals surface area contributed by atoms with Crippen LogP contribution in [0.5, 0.6) is 0 Å². The second-order valence-corrected chi connectivity index (χ2v) is 9.14. The Bertz CT molecular complexity index is 973. The highest BCUT2D eigenvalue weighted by Gasteiger charge is 2.20. The quantitative estimate of drug-likeness (QED) is 0.468. The van der Waals surface area contributed by atoms with Crippen molar-refractivity contribution in [3.63, 3.8) is 0 Å². The minimum Gasteiger partial charge on any atom is -0.399 e. The zero-order chi connectivity index (χ0) is 20.9. The van der Waals surface area contributed by atoms with Crippen LogP contribution in [0.1, 0.15) is 4.88 Å². The van der Waals surface area contributed by atoms with Crippen molar-refractivity contribution in [3.05, 3.63) is 35.3 Å². The number of nitrogen functional groups attached to an aromatic ring is 1. The van der Waals surface area contributed by atoms with E-state index in [1.807, 2.05) is 37.4 Å². The fourth-order valence-corrected chi connectivity index (χ4v) is 4.45. The van der Waals surface area contributed by atoms with Crippen LogP contribution < -0.4 is 16.0 Å². The van der Waals surface area contributed by atoms with Crippen molar-refractivity contribution in [2.45, 2.75) is 17.0 Å². The third kappa shape index (κ3) is 5.36. The van der Waals surface area contributed by atoms with Crippen molar-refractivity contribution >= 4 is 45.8 Å². The Morgan fingerprint density at radius 1 is 1.13 bits per heavy atom. The SMILES string of the molecule is Cc1cnc(Nc2nc(Sc3ccc(N)cc3)nc(N3CCN(CCO)CC3)n2)s1. The number of thiazole rings is 1. The number of aliphatic hydroxyl groups is 1. The van der Waals surface area contributed by atoms with Gasteiger partial charge >= 0.3 is 0 Å². The summed E-state index contributed by atoms with van der Waals surface area (Å²) in [6.45, 7) is 6.20. The highest BCUT2D eigenvalue weighted by Crippen LogP contribution is 2.29. The fourth-order valence-electron chi connectivity index (χ4n) is 3.05. The van der Waals surface area contributed by atoms with Gasteiger partial charge < -0.3 is 15.7 Å². The van der Waals surface area contributed by atoms with Crippen LogP contribution in [0.2, 0.25) is 0 Å². The maximum Gasteiger partial charge on any atom is 0.234 e. The van der Waals surface area contributed by atoms with Gasteiger partial charge in [0.2, 0.25) is 11.9 Å². The Hall–Kier alpha value is -2.47. The van der Waals surface area contributed by atoms with E-state index in [-0.39, 0.29) is 6.61 Å². The van der Waals surface area contributed by atoms with Crippen LogP contribution >= 0.6 is 23.1 Å². The number of nitrogens with two attached hydrogens (primary N) is 1. The molecule has 1 aromatic carbocycles. The van der Waals surface area contributed by atoms with E-state index in [0.717, 1.165) is 46.8 Å². The van der Waals surface area contributed by atoms with E-state index < -0.39 is 0 Å². The maximum atomic E-state index is 9.16. The summed E-state index contributed by atoms with van der Waals surface area (Å²) < 4.78 is 0. The Morgan fingerprint density at radius 2 is 1.90 bits per heavy atom. The Labute approximate surface area is 183 Å². The van der Waals surface area contributed by atoms with Crippen LogP contribution in [0.3, 0.4) is 0 Å². The number of nitrogens with zero attached hydrogens (tertiary/aromatic N) is 6. The molecule has 0 saturated carbocycles. The molecule has 158 valence electrons. The first kappa shape index (κ1) is 20.8. The third-order valence-corrected chi connectivity index (χ3v) is 6.30. The summed E-state index contributed by atoms with van der Waals surface area (Å²) in [5.41, 5.74) is 6.51. The molecule has 3 aromatic rings. The van der Waals surface area contributed by atoms with Crippen molar-refractivity contribution in [3.8, 4) is 0 Å². The minimum atomic E-state index is 0.176. The van der Waals surface area contributed by atoms with E-state index >= 15 is 0 Å². The van der Waals surface area contributed by atoms with Crippen molar-refractivity contribution in [2.24, 2.45) is 0 Å². The van der Waals surface area contributed by atoms with Crippen molar-refractivity contribution < 1.29 is 5.11 Å². The van der Waals surface area contributed by atoms with Crippen LogP contribution in [0.25, 0.3) is 0 Å². The second-order valence-electron chi connectivity index (χ2n) is 6.87. The van der Waals surface area contributed by atoms with Crippen LogP contribution in [-0.2, 0) is 0 Å². The molecule has 11 heteroatoms. The van der Waals surface area contributed by atoms with Gasteiger partial charge in [-0.3, -0.25) is 10.2 Å². The molecule has 1 aliphatic rings. The molecule has 1 saturated heterocycles. The van der Waals surface area contributed by atoms with Gasteiger partial charge in [-0.05, 0) is 43.0 Å². The number of aromatic nitrogens is 4. The van der Waals surface area contributed by atoms with Crippen molar-refractivity contribution in [2.75, 3.05) is 55.3 Å². The van der Waals surface area contributed by atoms with E-state index in [4.69, 9.17) is 15.8 Å². The molecule has 0 radical (unpaired) electrons. The number of hydrogen-bond acceptors (Lipinski definition) is 11. The topological polar surface area (TPSA) is 116 Å². The van der Waals surface area contributed by atoms with Gasteiger partial charge in [-0.25, -0.2) is 4.98 Å². The second kappa shape index (κ2) is 9.56. The zero-order valence-corrected chi connectivity index (χ0v) is 18.3. The molecular formula is C19H24N8OS2. The zero-order valence-electron chi connectivity index (χ0n) is 16.7. The summed E-state index contributed by atoms with van der Waals surface area (Å²) >= 11 is 3.02. The molecular weight excluding hydrogens is 420 g/mol. The fraction of sp³-hybridized carbons (Fsp3) is 0.368. The number of rotatable bonds is 7. The highest BCUT2D eigenvalue weighted by atomic mass is 32.2. The number of hydrogen-bond donors (Lipinski definition) is 3. The number of β-amino-alcohol motifs (C(OH)–C–C–N with tert-alkyl or cyclic N) is 1. The van der Waals surface area contributed by atoms with Gasteiger partial charge in [0.15, 0.2) is 10.3 Å². The number of anilines is 4. The van der Waals surface area contributed by atoms with Crippen LogP contribution in [0.15, 0.2) is 40.5 Å². The predicted octanol–water partition coefficient (Wildman–Crippen LogP) is 2.23. The Morgan fingerprint density at radius 3 is 2.57 bits per heavy atom. The average Bonchev–Trinajstić information content (AvgIpc) is 3.15. The number of aryl methyl sites for hydroxylation is 1. The summed E-state index contributed by atoms with van der Waals surface area (Å²) in [6.07, 6.45) is 1.82. The summed E-state index contributed by atoms with van der Waals surface area (Å²) in [5, 5.41) is 13.7. The van der Waals surface area contributed by atoms with Gasteiger partial charge in [-0.1, -0.05) is 0 Å². The molecule has 1 fully saturated rings. The third-order valence-electron chi connectivity index (χ3n) is 4.60. The Balaban J connectivity index is 1.57. The lowest BCUT2D eigenvalue weighted by atomic mass is 10.3. The number of aliphatic hydroxyl groups excluding tert-OH is 1. The molecule has 0 bridgehead atoms. The van der Waals surface area contributed by atoms with Crippen LogP contribution in [-0.4, -0.2) is 69.3 Å². The van der Waals surface area contributed by atoms with Crippen molar-refractivity contribution in [1.29, 1.82) is 0 Å². The van der Waals surface area contributed by atoms with Gasteiger partial charge in [0.05, 0.1) is 6.61 Å². The minimum absolute atomic E-state index is 0.176. The molecule has 0 atom stereocenters. The molecule has 4 rings (SSSR count). The Kier molecular flexibility index (Phi) is 6.62. The van der Waals surface area contributed by atoms with Gasteiger partial charge in [0.25, 0.3) is 0 Å². The van der Waals surface area contributed by atoms with E-state index in [1.54, 1.807) is 11.3 Å². The maximum absolute atomic E-state index is 9.16. The van der Waals surface area contributed by atoms with Crippen LogP contribution in [0.4, 0.5) is 22.7 Å². The standard InChI is InChI=1S/C19H24N8OS2/c1-13-12-21-18(29-13)23-16-22-17(27-8-6-26(7-9-27)10-11-28)25-19(24-16)30-15-4-2-14(20)3-5-15/h2-5,12,28H,6-11,20H2,1H3,(H,21,22,23,24,25). The van der Waals surface area contributed by atoms with E-state index in [2.05, 4.69) is 30.1 Å². The molecule has 0 spiro atoms. The monoisotopic (exact) mass is 444 g/mol. The van der Waals surface area contributed by atoms with E-state index in [9.17, 15) is 0 Å². The van der Waals surface area contributed by atoms with Crippen molar-refractivity contribution in [1.82, 2.24) is 24.8 Å². The first-order chi connectivity index (χ1) is 14.6. The lowest BCUT2D eigenvalue weighted by molar-refractivity contribution is 0.188. The van der Waals surface area contributed by atoms with Gasteiger partial charge in [-0.2, -0.15) is 15.0 Å². The molecule has 3 heterocycles. The van der Waals surface area contributed by atoms with Gasteiger partial charge in [0, 0.05) is 54.4 Å². The number of piperazine rings is 1. The van der Waals surface area contributed by atoms with Crippen LogP contribution in [0, 0.1) is 6.92 Å². The van der Waals surface area contributed by atoms with E-state index in [1.165, 1.54) is 11.8 Å². The van der Waals surface area contributed by atoms with E-state index in [0.29, 0.717) is 23.6 Å². The van der Waals surface area contributed by atoms with Gasteiger partial charge in [0.1, 0.15) is 0 Å². The summed E-state index contributed by atoms with van der Waals surface area (Å²) in [4.78, 5) is 24.8. The summed E-state index contributed by atoms with van der Waals surface area (Å²) in [5.74, 6) is 1.12. The molecule has 30 heavy (non-hydrogen) atoms. The summed E-state index contributed by atoms with van der Waals surface area (Å²) in [7, 11) is 0. The lowest BCUT2D eigenvalue weighted by Gasteiger charge is -2.34. The smallest absolute Gasteiger partial charge is 0.234 e. The highest BCUT2D eigenvalue weighted by molar-refractivity contribution is 7.99. The first-order valence-electron chi connectivity index (χ1n) is 9.66. The molecule has 0 aliphatic carbocycles. The average molecular weight is 445 g/mol. The molecule has 0 amide bonds.